The second-order valence-electron chi connectivity index (χ2n) is 7.52. The maximum Gasteiger partial charge on any atom is 0.303 e. The molecule has 2 aliphatic carbocycles. The van der Waals surface area contributed by atoms with Gasteiger partial charge in [0.1, 0.15) is 0 Å². The van der Waals surface area contributed by atoms with Crippen molar-refractivity contribution in [1.29, 1.82) is 0 Å². The zero-order valence-corrected chi connectivity index (χ0v) is 15.5. The van der Waals surface area contributed by atoms with E-state index >= 15 is 0 Å². The number of piperidine rings is 1. The minimum atomic E-state index is -1.75. The first kappa shape index (κ1) is 17.0. The van der Waals surface area contributed by atoms with Gasteiger partial charge in [-0.3, -0.25) is 19.2 Å². The molecule has 0 unspecified atom stereocenters. The minimum Gasteiger partial charge on any atom is -0.493 e. The smallest absolute Gasteiger partial charge is 0.303 e. The van der Waals surface area contributed by atoms with Crippen LogP contribution < -0.4 is 9.47 Å². The number of likely N-dealkylation sites (N-methyl/N-ethyl adjacent to an activating group) is 1. The first-order valence-electron chi connectivity index (χ1n) is 8.91. The predicted octanol–water partition coefficient (Wildman–Crippen LogP) is 0.101. The van der Waals surface area contributed by atoms with E-state index in [1.807, 2.05) is 0 Å². The highest BCUT2D eigenvalue weighted by Gasteiger charge is 2.80. The molecule has 2 bridgehead atoms. The van der Waals surface area contributed by atoms with E-state index in [2.05, 4.69) is 0 Å². The van der Waals surface area contributed by atoms with E-state index < -0.39 is 46.6 Å². The molecule has 2 heterocycles. The highest BCUT2D eigenvalue weighted by Crippen LogP contribution is 2.63. The van der Waals surface area contributed by atoms with Crippen molar-refractivity contribution in [3.63, 3.8) is 0 Å². The summed E-state index contributed by atoms with van der Waals surface area (Å²) >= 11 is 0. The van der Waals surface area contributed by atoms with E-state index in [9.17, 15) is 19.2 Å². The van der Waals surface area contributed by atoms with Gasteiger partial charge in [-0.05, 0) is 30.2 Å². The molecule has 8 nitrogen and oxygen atoms in total. The summed E-state index contributed by atoms with van der Waals surface area (Å²) in [5.41, 5.74) is -2.10. The Morgan fingerprint density at radius 3 is 2.71 bits per heavy atom. The van der Waals surface area contributed by atoms with Crippen LogP contribution in [-0.4, -0.2) is 60.2 Å². The van der Waals surface area contributed by atoms with Gasteiger partial charge in [0.2, 0.25) is 5.78 Å². The van der Waals surface area contributed by atoms with Gasteiger partial charge in [0.05, 0.1) is 13.2 Å². The van der Waals surface area contributed by atoms with E-state index in [-0.39, 0.29) is 5.75 Å². The molecule has 0 radical (unpaired) electrons. The third-order valence-electron chi connectivity index (χ3n) is 6.38. The predicted molar refractivity (Wildman–Crippen MR) is 93.0 cm³/mol. The zero-order valence-electron chi connectivity index (χ0n) is 15.5. The van der Waals surface area contributed by atoms with Gasteiger partial charge in [-0.1, -0.05) is 6.07 Å². The van der Waals surface area contributed by atoms with Gasteiger partial charge in [0.15, 0.2) is 34.4 Å². The normalized spacial score (nSPS) is 34.1. The van der Waals surface area contributed by atoms with Crippen LogP contribution in [0, 0.1) is 0 Å². The number of Topliss-reactive ketones (excluding diaryl/α,β-unsaturated/α-hetero) is 1. The van der Waals surface area contributed by atoms with Crippen molar-refractivity contribution in [2.75, 3.05) is 14.2 Å². The fourth-order valence-electron chi connectivity index (χ4n) is 5.38. The number of nitrogens with zero attached hydrogens (tertiary/aromatic N) is 1. The number of hydrogen-bond acceptors (Lipinski definition) is 7. The maximum absolute atomic E-state index is 13.6. The van der Waals surface area contributed by atoms with Crippen molar-refractivity contribution in [3.8, 4) is 11.5 Å². The molecule has 5 rings (SSSR count). The van der Waals surface area contributed by atoms with Gasteiger partial charge in [0.25, 0.3) is 5.91 Å². The molecular weight excluding hydrogens is 366 g/mol. The van der Waals surface area contributed by atoms with Crippen LogP contribution in [0.2, 0.25) is 0 Å². The van der Waals surface area contributed by atoms with Crippen molar-refractivity contribution in [2.45, 2.75) is 36.5 Å². The summed E-state index contributed by atoms with van der Waals surface area (Å²) in [5.74, 6) is -2.02. The monoisotopic (exact) mass is 383 g/mol. The Balaban J connectivity index is 1.96. The number of likely N-dealkylation sites (tertiary alicyclic amines) is 1. The van der Waals surface area contributed by atoms with Gasteiger partial charge < -0.3 is 19.1 Å². The molecule has 4 atom stereocenters. The largest absolute Gasteiger partial charge is 0.493 e. The van der Waals surface area contributed by atoms with E-state index in [0.717, 1.165) is 5.56 Å². The zero-order chi connectivity index (χ0) is 20.0. The molecule has 2 aliphatic heterocycles. The first-order valence-corrected chi connectivity index (χ1v) is 8.91. The van der Waals surface area contributed by atoms with E-state index in [0.29, 0.717) is 17.7 Å². The van der Waals surface area contributed by atoms with E-state index in [1.54, 1.807) is 12.1 Å². The highest BCUT2D eigenvalue weighted by atomic mass is 16.6. The molecule has 1 aromatic carbocycles. The van der Waals surface area contributed by atoms with E-state index in [1.165, 1.54) is 38.1 Å². The molecule has 1 amide bonds. The van der Waals surface area contributed by atoms with Gasteiger partial charge in [-0.15, -0.1) is 0 Å². The lowest BCUT2D eigenvalue weighted by molar-refractivity contribution is -0.194. The summed E-state index contributed by atoms with van der Waals surface area (Å²) in [4.78, 5) is 52.6. The number of hydrogen-bond donors (Lipinski definition) is 0. The lowest BCUT2D eigenvalue weighted by Crippen LogP contribution is -2.80. The molecule has 0 aromatic heterocycles. The first-order chi connectivity index (χ1) is 13.3. The summed E-state index contributed by atoms with van der Waals surface area (Å²) in [6.45, 7) is 1.24. The Morgan fingerprint density at radius 2 is 2.04 bits per heavy atom. The van der Waals surface area contributed by atoms with Crippen molar-refractivity contribution in [3.05, 3.63) is 35.4 Å². The number of ether oxygens (including phenoxy) is 3. The Hall–Kier alpha value is -3.16. The number of ketones is 2. The van der Waals surface area contributed by atoms with Gasteiger partial charge >= 0.3 is 5.97 Å². The van der Waals surface area contributed by atoms with Gasteiger partial charge in [-0.25, -0.2) is 0 Å². The van der Waals surface area contributed by atoms with Crippen LogP contribution in [0.5, 0.6) is 11.5 Å². The van der Waals surface area contributed by atoms with Crippen molar-refractivity contribution in [1.82, 2.24) is 4.90 Å². The number of carbonyl (C=O) groups is 4. The summed E-state index contributed by atoms with van der Waals surface area (Å²) in [6.07, 6.45) is 1.78. The maximum atomic E-state index is 13.6. The quantitative estimate of drug-likeness (QED) is 0.528. The number of amides is 1. The molecule has 1 spiro atoms. The molecule has 8 heteroatoms. The number of benzene rings is 1. The molecule has 0 saturated carbocycles. The van der Waals surface area contributed by atoms with Gasteiger partial charge in [-0.2, -0.15) is 0 Å². The van der Waals surface area contributed by atoms with Crippen LogP contribution in [-0.2, 0) is 35.8 Å². The van der Waals surface area contributed by atoms with Crippen molar-refractivity contribution >= 4 is 23.4 Å². The van der Waals surface area contributed by atoms with Gasteiger partial charge in [0, 0.05) is 19.5 Å². The summed E-state index contributed by atoms with van der Waals surface area (Å²) in [7, 11) is 2.96. The summed E-state index contributed by atoms with van der Waals surface area (Å²) < 4.78 is 17.1. The third kappa shape index (κ3) is 1.55. The van der Waals surface area contributed by atoms with Crippen molar-refractivity contribution in [2.24, 2.45) is 0 Å². The SMILES string of the molecule is COc1ccc2c3c1O[C@H]1C(=O)C=C[C@@]4(OC(C)=O)[C@@H](C2)N(C)C(=O)C(=O)[C@]314. The van der Waals surface area contributed by atoms with Crippen molar-refractivity contribution < 1.29 is 33.4 Å². The minimum absolute atomic E-state index is 0.253. The molecule has 1 saturated heterocycles. The van der Waals surface area contributed by atoms with Crippen LogP contribution in [0.3, 0.4) is 0 Å². The Morgan fingerprint density at radius 1 is 1.29 bits per heavy atom. The Kier molecular flexibility index (Phi) is 3.03. The van der Waals surface area contributed by atoms with Crippen LogP contribution >= 0.6 is 0 Å². The van der Waals surface area contributed by atoms with Crippen LogP contribution in [0.1, 0.15) is 18.1 Å². The summed E-state index contributed by atoms with van der Waals surface area (Å²) in [5, 5.41) is 0. The molecule has 1 aromatic rings. The Labute approximate surface area is 160 Å². The fourth-order valence-corrected chi connectivity index (χ4v) is 5.38. The number of esters is 1. The Bertz CT molecular complexity index is 1030. The molecular formula is C20H17NO7. The average molecular weight is 383 g/mol. The third-order valence-corrected chi connectivity index (χ3v) is 6.38. The van der Waals surface area contributed by atoms with E-state index in [4.69, 9.17) is 14.2 Å². The fraction of sp³-hybridized carbons (Fsp3) is 0.400. The second-order valence-corrected chi connectivity index (χ2v) is 7.52. The average Bonchev–Trinajstić information content (AvgIpc) is 3.04. The lowest BCUT2D eigenvalue weighted by atomic mass is 9.50. The topological polar surface area (TPSA) is 99.2 Å². The highest BCUT2D eigenvalue weighted by molar-refractivity contribution is 6.42. The van der Waals surface area contributed by atoms with Crippen LogP contribution in [0.15, 0.2) is 24.3 Å². The van der Waals surface area contributed by atoms with Crippen LogP contribution in [0.4, 0.5) is 0 Å². The molecule has 0 N–H and O–H groups in total. The number of methoxy groups -OCH3 is 1. The molecule has 1 fully saturated rings. The molecule has 4 aliphatic rings. The lowest BCUT2D eigenvalue weighted by Gasteiger charge is -2.59. The molecule has 28 heavy (non-hydrogen) atoms. The summed E-state index contributed by atoms with van der Waals surface area (Å²) in [6, 6.07) is 2.86. The number of rotatable bonds is 2. The molecule has 144 valence electrons. The standard InChI is InChI=1S/C20H17NO7/c1-9(22)28-19-7-6-11(23)17-20(19)14-10(4-5-12(26-3)15(14)27-17)8-13(19)21(2)18(25)16(20)24/h4-7,13,17H,8H2,1-3H3/t13-,17+,19-,20-/m1/s1. The number of carbonyl (C=O) groups excluding carboxylic acids is 4. The second kappa shape index (κ2) is 5.01. The van der Waals surface area contributed by atoms with Crippen LogP contribution in [0.25, 0.3) is 0 Å².